The zero-order chi connectivity index (χ0) is 14.1. The lowest BCUT2D eigenvalue weighted by molar-refractivity contribution is 0.217. The molecule has 1 aliphatic carbocycles. The maximum absolute atomic E-state index is 11.4. The minimum absolute atomic E-state index is 0.00863. The summed E-state index contributed by atoms with van der Waals surface area (Å²) in [6.45, 7) is 3.88. The van der Waals surface area contributed by atoms with Crippen molar-refractivity contribution < 1.29 is 4.79 Å². The van der Waals surface area contributed by atoms with Crippen LogP contribution in [0.2, 0.25) is 0 Å². The molecule has 1 rings (SSSR count). The molecule has 0 aliphatic heterocycles. The molecular formula is C15H31N3O. The van der Waals surface area contributed by atoms with Crippen molar-refractivity contribution in [1.29, 1.82) is 0 Å². The Kier molecular flexibility index (Phi) is 7.87. The van der Waals surface area contributed by atoms with Gasteiger partial charge in [0.05, 0.1) is 0 Å². The lowest BCUT2D eigenvalue weighted by atomic mass is 9.95. The summed E-state index contributed by atoms with van der Waals surface area (Å²) in [4.78, 5) is 12.9. The van der Waals surface area contributed by atoms with Crippen molar-refractivity contribution in [2.45, 2.75) is 57.9 Å². The number of amides is 2. The van der Waals surface area contributed by atoms with Gasteiger partial charge in [0.25, 0.3) is 0 Å². The van der Waals surface area contributed by atoms with E-state index < -0.39 is 0 Å². The van der Waals surface area contributed by atoms with E-state index in [1.165, 1.54) is 44.9 Å². The van der Waals surface area contributed by atoms with Gasteiger partial charge in [0.15, 0.2) is 0 Å². The molecule has 112 valence electrons. The summed E-state index contributed by atoms with van der Waals surface area (Å²) < 4.78 is 0. The number of nitrogens with one attached hydrogen (secondary N) is 2. The molecule has 2 N–H and O–H groups in total. The van der Waals surface area contributed by atoms with Crippen molar-refractivity contribution in [2.24, 2.45) is 5.92 Å². The third-order valence-electron chi connectivity index (χ3n) is 4.03. The number of carbonyl (C=O) groups excluding carboxylic acids is 1. The quantitative estimate of drug-likeness (QED) is 0.575. The number of carbonyl (C=O) groups is 1. The van der Waals surface area contributed by atoms with Crippen molar-refractivity contribution in [3.05, 3.63) is 0 Å². The standard InChI is InChI=1S/C15H31N3O/c1-4-6-13-7-5-8-14(10-9-13)16-11-12-17-15(19)18(2)3/h13-14,16H,4-12H2,1-3H3,(H,17,19). The molecule has 4 nitrogen and oxygen atoms in total. The van der Waals surface area contributed by atoms with Crippen molar-refractivity contribution in [3.8, 4) is 0 Å². The number of rotatable bonds is 6. The van der Waals surface area contributed by atoms with Crippen LogP contribution in [0.3, 0.4) is 0 Å². The third-order valence-corrected chi connectivity index (χ3v) is 4.03. The minimum Gasteiger partial charge on any atom is -0.337 e. The predicted octanol–water partition coefficient (Wildman–Crippen LogP) is 2.60. The summed E-state index contributed by atoms with van der Waals surface area (Å²) in [6.07, 6.45) is 9.43. The fraction of sp³-hybridized carbons (Fsp3) is 0.933. The lowest BCUT2D eigenvalue weighted by Gasteiger charge is -2.18. The zero-order valence-electron chi connectivity index (χ0n) is 12.9. The van der Waals surface area contributed by atoms with Crippen LogP contribution in [0.4, 0.5) is 4.79 Å². The molecule has 0 aromatic carbocycles. The Hall–Kier alpha value is -0.770. The molecule has 1 fully saturated rings. The van der Waals surface area contributed by atoms with Crippen LogP contribution in [-0.2, 0) is 0 Å². The third kappa shape index (κ3) is 6.81. The molecule has 2 atom stereocenters. The van der Waals surface area contributed by atoms with Crippen LogP contribution in [0.5, 0.6) is 0 Å². The zero-order valence-corrected chi connectivity index (χ0v) is 12.9. The maximum atomic E-state index is 11.4. The second kappa shape index (κ2) is 9.18. The smallest absolute Gasteiger partial charge is 0.316 e. The van der Waals surface area contributed by atoms with E-state index in [4.69, 9.17) is 0 Å². The summed E-state index contributed by atoms with van der Waals surface area (Å²) in [6, 6.07) is 0.642. The van der Waals surface area contributed by atoms with E-state index in [9.17, 15) is 4.79 Å². The molecule has 0 spiro atoms. The van der Waals surface area contributed by atoms with Crippen molar-refractivity contribution in [3.63, 3.8) is 0 Å². The first kappa shape index (κ1) is 16.3. The van der Waals surface area contributed by atoms with Crippen LogP contribution < -0.4 is 10.6 Å². The van der Waals surface area contributed by atoms with Gasteiger partial charge in [-0.3, -0.25) is 0 Å². The number of hydrogen-bond donors (Lipinski definition) is 2. The molecule has 1 aliphatic rings. The molecule has 0 radical (unpaired) electrons. The summed E-state index contributed by atoms with van der Waals surface area (Å²) in [5.74, 6) is 0.949. The van der Waals surface area contributed by atoms with Crippen LogP contribution in [0.1, 0.15) is 51.9 Å². The summed E-state index contributed by atoms with van der Waals surface area (Å²) in [5, 5.41) is 6.48. The Morgan fingerprint density at radius 2 is 1.95 bits per heavy atom. The summed E-state index contributed by atoms with van der Waals surface area (Å²) in [7, 11) is 3.53. The van der Waals surface area contributed by atoms with Crippen LogP contribution in [0.25, 0.3) is 0 Å². The van der Waals surface area contributed by atoms with Crippen LogP contribution in [-0.4, -0.2) is 44.2 Å². The number of hydrogen-bond acceptors (Lipinski definition) is 2. The molecule has 0 bridgehead atoms. The van der Waals surface area contributed by atoms with Crippen LogP contribution in [0.15, 0.2) is 0 Å². The molecule has 0 heterocycles. The lowest BCUT2D eigenvalue weighted by Crippen LogP contribution is -2.40. The average molecular weight is 269 g/mol. The van der Waals surface area contributed by atoms with Gasteiger partial charge in [-0.1, -0.05) is 32.6 Å². The van der Waals surface area contributed by atoms with Gasteiger partial charge in [-0.2, -0.15) is 0 Å². The molecule has 19 heavy (non-hydrogen) atoms. The van der Waals surface area contributed by atoms with Gasteiger partial charge in [0.1, 0.15) is 0 Å². The second-order valence-electron chi connectivity index (χ2n) is 5.94. The van der Waals surface area contributed by atoms with Gasteiger partial charge in [-0.15, -0.1) is 0 Å². The van der Waals surface area contributed by atoms with E-state index in [-0.39, 0.29) is 6.03 Å². The Morgan fingerprint density at radius 1 is 1.16 bits per heavy atom. The predicted molar refractivity (Wildman–Crippen MR) is 80.4 cm³/mol. The Bertz CT molecular complexity index is 256. The first-order valence-electron chi connectivity index (χ1n) is 7.82. The Labute approximate surface area is 118 Å². The first-order chi connectivity index (χ1) is 9.13. The van der Waals surface area contributed by atoms with Crippen molar-refractivity contribution >= 4 is 6.03 Å². The van der Waals surface area contributed by atoms with Gasteiger partial charge in [0.2, 0.25) is 0 Å². The molecule has 0 aromatic rings. The van der Waals surface area contributed by atoms with Gasteiger partial charge >= 0.3 is 6.03 Å². The fourth-order valence-electron chi connectivity index (χ4n) is 2.88. The van der Waals surface area contributed by atoms with E-state index in [0.717, 1.165) is 12.5 Å². The highest BCUT2D eigenvalue weighted by Crippen LogP contribution is 2.26. The van der Waals surface area contributed by atoms with E-state index in [1.807, 2.05) is 0 Å². The molecular weight excluding hydrogens is 238 g/mol. The molecule has 1 saturated carbocycles. The van der Waals surface area contributed by atoms with Crippen molar-refractivity contribution in [1.82, 2.24) is 15.5 Å². The largest absolute Gasteiger partial charge is 0.337 e. The monoisotopic (exact) mass is 269 g/mol. The van der Waals surface area contributed by atoms with E-state index in [1.54, 1.807) is 19.0 Å². The fourth-order valence-corrected chi connectivity index (χ4v) is 2.88. The van der Waals surface area contributed by atoms with Crippen LogP contribution in [0, 0.1) is 5.92 Å². The highest BCUT2D eigenvalue weighted by atomic mass is 16.2. The average Bonchev–Trinajstić information content (AvgIpc) is 2.60. The first-order valence-corrected chi connectivity index (χ1v) is 7.82. The highest BCUT2D eigenvalue weighted by Gasteiger charge is 2.17. The van der Waals surface area contributed by atoms with Gasteiger partial charge in [-0.05, 0) is 25.2 Å². The number of nitrogens with zero attached hydrogens (tertiary/aromatic N) is 1. The molecule has 2 amide bonds. The van der Waals surface area contributed by atoms with Gasteiger partial charge in [-0.25, -0.2) is 4.79 Å². The molecule has 0 aromatic heterocycles. The minimum atomic E-state index is -0.00863. The maximum Gasteiger partial charge on any atom is 0.316 e. The van der Waals surface area contributed by atoms with Gasteiger partial charge in [0, 0.05) is 33.2 Å². The Morgan fingerprint density at radius 3 is 2.63 bits per heavy atom. The molecule has 0 saturated heterocycles. The van der Waals surface area contributed by atoms with Crippen LogP contribution >= 0.6 is 0 Å². The summed E-state index contributed by atoms with van der Waals surface area (Å²) in [5.41, 5.74) is 0. The SMILES string of the molecule is CCCC1CCCC(NCCNC(=O)N(C)C)CC1. The topological polar surface area (TPSA) is 44.4 Å². The van der Waals surface area contributed by atoms with Crippen molar-refractivity contribution in [2.75, 3.05) is 27.2 Å². The molecule has 4 heteroatoms. The summed E-state index contributed by atoms with van der Waals surface area (Å²) >= 11 is 0. The second-order valence-corrected chi connectivity index (χ2v) is 5.94. The number of urea groups is 1. The molecule has 2 unspecified atom stereocenters. The van der Waals surface area contributed by atoms with E-state index in [0.29, 0.717) is 12.6 Å². The van der Waals surface area contributed by atoms with E-state index in [2.05, 4.69) is 17.6 Å². The van der Waals surface area contributed by atoms with E-state index >= 15 is 0 Å². The van der Waals surface area contributed by atoms with Gasteiger partial charge < -0.3 is 15.5 Å². The highest BCUT2D eigenvalue weighted by molar-refractivity contribution is 5.73. The Balaban J connectivity index is 2.11. The normalized spacial score (nSPS) is 23.7.